The van der Waals surface area contributed by atoms with E-state index in [1.165, 1.54) is 0 Å². The standard InChI is InChI=1S/C4H10O4.C4H10O2/c5-1-3(7)4(8)2-6;1-2-3-4(5)6/h3-8H,1-2H2;4-6H,2-3H2,1H3. The van der Waals surface area contributed by atoms with E-state index in [0.717, 1.165) is 6.42 Å². The van der Waals surface area contributed by atoms with Crippen LogP contribution in [0.1, 0.15) is 19.8 Å². The van der Waals surface area contributed by atoms with Gasteiger partial charge in [-0.2, -0.15) is 0 Å². The van der Waals surface area contributed by atoms with Crippen molar-refractivity contribution in [2.75, 3.05) is 13.2 Å². The fraction of sp³-hybridized carbons (Fsp3) is 1.00. The highest BCUT2D eigenvalue weighted by Crippen LogP contribution is 1.88. The fourth-order valence-corrected chi connectivity index (χ4v) is 0.502. The van der Waals surface area contributed by atoms with Crippen LogP contribution in [0.25, 0.3) is 0 Å². The van der Waals surface area contributed by atoms with Crippen LogP contribution in [0, 0.1) is 0 Å². The van der Waals surface area contributed by atoms with Crippen molar-refractivity contribution in [2.45, 2.75) is 38.3 Å². The normalized spacial score (nSPS) is 14.6. The summed E-state index contributed by atoms with van der Waals surface area (Å²) in [6.45, 7) is 0.850. The third-order valence-electron chi connectivity index (χ3n) is 1.37. The van der Waals surface area contributed by atoms with Crippen LogP contribution >= 0.6 is 0 Å². The van der Waals surface area contributed by atoms with Gasteiger partial charge in [-0.3, -0.25) is 0 Å². The molecule has 0 amide bonds. The Bertz CT molecular complexity index is 100. The molecule has 88 valence electrons. The molecule has 0 aliphatic carbocycles. The summed E-state index contributed by atoms with van der Waals surface area (Å²) >= 11 is 0. The zero-order valence-corrected chi connectivity index (χ0v) is 8.24. The first-order valence-electron chi connectivity index (χ1n) is 4.43. The van der Waals surface area contributed by atoms with E-state index in [9.17, 15) is 0 Å². The lowest BCUT2D eigenvalue weighted by Gasteiger charge is -2.10. The average Bonchev–Trinajstić information content (AvgIpc) is 2.16. The van der Waals surface area contributed by atoms with Crippen LogP contribution in [0.15, 0.2) is 0 Å². The molecule has 2 atom stereocenters. The van der Waals surface area contributed by atoms with E-state index in [0.29, 0.717) is 6.42 Å². The smallest absolute Gasteiger partial charge is 0.151 e. The molecule has 6 N–H and O–H groups in total. The third kappa shape index (κ3) is 11.8. The highest BCUT2D eigenvalue weighted by Gasteiger charge is 2.12. The van der Waals surface area contributed by atoms with Crippen molar-refractivity contribution < 1.29 is 30.6 Å². The van der Waals surface area contributed by atoms with Gasteiger partial charge >= 0.3 is 0 Å². The molecule has 0 radical (unpaired) electrons. The lowest BCUT2D eigenvalue weighted by atomic mass is 10.2. The maximum Gasteiger partial charge on any atom is 0.151 e. The first kappa shape index (κ1) is 16.2. The highest BCUT2D eigenvalue weighted by atomic mass is 16.5. The van der Waals surface area contributed by atoms with Gasteiger partial charge in [-0.25, -0.2) is 0 Å². The van der Waals surface area contributed by atoms with E-state index in [-0.39, 0.29) is 0 Å². The van der Waals surface area contributed by atoms with Crippen LogP contribution in [0.5, 0.6) is 0 Å². The van der Waals surface area contributed by atoms with Crippen molar-refractivity contribution in [1.29, 1.82) is 0 Å². The first-order chi connectivity index (χ1) is 6.49. The van der Waals surface area contributed by atoms with Crippen LogP contribution in [-0.2, 0) is 0 Å². The summed E-state index contributed by atoms with van der Waals surface area (Å²) in [5.41, 5.74) is 0. The van der Waals surface area contributed by atoms with E-state index >= 15 is 0 Å². The molecule has 6 heteroatoms. The largest absolute Gasteiger partial charge is 0.394 e. The Morgan fingerprint density at radius 1 is 0.857 bits per heavy atom. The van der Waals surface area contributed by atoms with Gasteiger partial charge in [-0.15, -0.1) is 0 Å². The Morgan fingerprint density at radius 3 is 1.29 bits per heavy atom. The maximum absolute atomic E-state index is 8.47. The third-order valence-corrected chi connectivity index (χ3v) is 1.37. The minimum absolute atomic E-state index is 0.486. The molecule has 0 spiro atoms. The van der Waals surface area contributed by atoms with Gasteiger partial charge in [0.15, 0.2) is 6.29 Å². The zero-order valence-electron chi connectivity index (χ0n) is 8.24. The molecule has 6 nitrogen and oxygen atoms in total. The van der Waals surface area contributed by atoms with Gasteiger partial charge in [-0.1, -0.05) is 13.3 Å². The van der Waals surface area contributed by atoms with Crippen molar-refractivity contribution in [1.82, 2.24) is 0 Å². The Kier molecular flexibility index (Phi) is 12.5. The van der Waals surface area contributed by atoms with E-state index in [2.05, 4.69) is 0 Å². The van der Waals surface area contributed by atoms with Gasteiger partial charge < -0.3 is 30.6 Å². The predicted octanol–water partition coefficient (Wildman–Crippen LogP) is -2.21. The maximum atomic E-state index is 8.47. The molecular formula is C8H20O6. The summed E-state index contributed by atoms with van der Waals surface area (Å²) < 4.78 is 0. The van der Waals surface area contributed by atoms with Crippen LogP contribution in [0.4, 0.5) is 0 Å². The number of rotatable bonds is 5. The molecule has 2 unspecified atom stereocenters. The first-order valence-corrected chi connectivity index (χ1v) is 4.43. The van der Waals surface area contributed by atoms with Crippen molar-refractivity contribution in [3.05, 3.63) is 0 Å². The fourth-order valence-electron chi connectivity index (χ4n) is 0.502. The molecule has 0 saturated heterocycles. The van der Waals surface area contributed by atoms with E-state index in [4.69, 9.17) is 30.6 Å². The second-order valence-corrected chi connectivity index (χ2v) is 2.77. The lowest BCUT2D eigenvalue weighted by molar-refractivity contribution is -0.0453. The SMILES string of the molecule is CCCC(O)O.OCC(O)C(O)CO. The summed E-state index contributed by atoms with van der Waals surface area (Å²) in [6, 6.07) is 0. The molecule has 14 heavy (non-hydrogen) atoms. The van der Waals surface area contributed by atoms with Gasteiger partial charge in [0, 0.05) is 0 Å². The molecule has 0 aromatic heterocycles. The number of hydrogen-bond donors (Lipinski definition) is 6. The lowest BCUT2D eigenvalue weighted by Crippen LogP contribution is -2.31. The van der Waals surface area contributed by atoms with E-state index in [1.807, 2.05) is 6.92 Å². The summed E-state index contributed by atoms with van der Waals surface area (Å²) in [7, 11) is 0. The summed E-state index contributed by atoms with van der Waals surface area (Å²) in [5.74, 6) is 0. The average molecular weight is 212 g/mol. The summed E-state index contributed by atoms with van der Waals surface area (Å²) in [6.07, 6.45) is -2.23. The number of hydrogen-bond acceptors (Lipinski definition) is 6. The van der Waals surface area contributed by atoms with Crippen LogP contribution in [-0.4, -0.2) is 62.4 Å². The van der Waals surface area contributed by atoms with Gasteiger partial charge in [0.1, 0.15) is 12.2 Å². The van der Waals surface area contributed by atoms with Gasteiger partial charge in [0.2, 0.25) is 0 Å². The molecule has 0 aliphatic heterocycles. The molecule has 0 bridgehead atoms. The number of aliphatic hydroxyl groups excluding tert-OH is 5. The van der Waals surface area contributed by atoms with Crippen molar-refractivity contribution in [3.63, 3.8) is 0 Å². The predicted molar refractivity (Wildman–Crippen MR) is 49.3 cm³/mol. The molecule has 0 aromatic rings. The Labute approximate surface area is 83.1 Å². The van der Waals surface area contributed by atoms with Crippen LogP contribution in [0.2, 0.25) is 0 Å². The molecule has 0 fully saturated rings. The van der Waals surface area contributed by atoms with Gasteiger partial charge in [0.25, 0.3) is 0 Å². The Balaban J connectivity index is 0. The second-order valence-electron chi connectivity index (χ2n) is 2.77. The quantitative estimate of drug-likeness (QED) is 0.287. The molecule has 0 aromatic carbocycles. The minimum Gasteiger partial charge on any atom is -0.394 e. The summed E-state index contributed by atoms with van der Waals surface area (Å²) in [4.78, 5) is 0. The molecule has 0 heterocycles. The number of aliphatic hydroxyl groups is 6. The highest BCUT2D eigenvalue weighted by molar-refractivity contribution is 4.62. The van der Waals surface area contributed by atoms with E-state index < -0.39 is 31.7 Å². The van der Waals surface area contributed by atoms with Crippen molar-refractivity contribution in [3.8, 4) is 0 Å². The Hall–Kier alpha value is -0.240. The van der Waals surface area contributed by atoms with Crippen LogP contribution in [0.3, 0.4) is 0 Å². The second kappa shape index (κ2) is 10.8. The van der Waals surface area contributed by atoms with Gasteiger partial charge in [0.05, 0.1) is 13.2 Å². The topological polar surface area (TPSA) is 121 Å². The monoisotopic (exact) mass is 212 g/mol. The Morgan fingerprint density at radius 2 is 1.21 bits per heavy atom. The molecule has 0 rings (SSSR count). The molecular weight excluding hydrogens is 192 g/mol. The zero-order chi connectivity index (χ0) is 11.6. The van der Waals surface area contributed by atoms with Crippen molar-refractivity contribution >= 4 is 0 Å². The minimum atomic E-state index is -1.22. The summed E-state index contributed by atoms with van der Waals surface area (Å²) in [5, 5.41) is 49.4. The van der Waals surface area contributed by atoms with Gasteiger partial charge in [-0.05, 0) is 6.42 Å². The van der Waals surface area contributed by atoms with E-state index in [1.54, 1.807) is 0 Å². The van der Waals surface area contributed by atoms with Crippen LogP contribution < -0.4 is 0 Å². The molecule has 0 aliphatic rings. The molecule has 0 saturated carbocycles. The van der Waals surface area contributed by atoms with Crippen molar-refractivity contribution in [2.24, 2.45) is 0 Å².